The van der Waals surface area contributed by atoms with Crippen molar-refractivity contribution in [3.63, 3.8) is 0 Å². The number of methoxy groups -OCH3 is 1. The minimum absolute atomic E-state index is 0.0670. The molecular weight excluding hydrogens is 458 g/mol. The first-order chi connectivity index (χ1) is 17.0. The van der Waals surface area contributed by atoms with E-state index in [0.29, 0.717) is 19.0 Å². The van der Waals surface area contributed by atoms with Gasteiger partial charge in [0, 0.05) is 41.2 Å². The molecule has 35 heavy (non-hydrogen) atoms. The predicted octanol–water partition coefficient (Wildman–Crippen LogP) is 5.23. The van der Waals surface area contributed by atoms with Crippen molar-refractivity contribution >= 4 is 23.7 Å². The van der Waals surface area contributed by atoms with E-state index in [9.17, 15) is 4.79 Å². The van der Waals surface area contributed by atoms with Crippen LogP contribution in [0.4, 0.5) is 10.5 Å². The number of aryl methyl sites for hydroxylation is 1. The third-order valence-electron chi connectivity index (χ3n) is 7.09. The van der Waals surface area contributed by atoms with Crippen molar-refractivity contribution in [2.24, 2.45) is 0 Å². The summed E-state index contributed by atoms with van der Waals surface area (Å²) in [7, 11) is 3.52. The van der Waals surface area contributed by atoms with Gasteiger partial charge in [0.25, 0.3) is 0 Å². The van der Waals surface area contributed by atoms with Gasteiger partial charge in [0.2, 0.25) is 5.88 Å². The van der Waals surface area contributed by atoms with E-state index in [2.05, 4.69) is 45.4 Å². The van der Waals surface area contributed by atoms with Crippen LogP contribution in [0.15, 0.2) is 53.6 Å². The molecule has 1 saturated carbocycles. The van der Waals surface area contributed by atoms with Crippen LogP contribution in [0.3, 0.4) is 0 Å². The van der Waals surface area contributed by atoms with Crippen LogP contribution in [0, 0.1) is 6.92 Å². The number of carbonyl (C=O) groups excluding carboxylic acids is 1. The van der Waals surface area contributed by atoms with Crippen LogP contribution in [0.1, 0.15) is 42.5 Å². The largest absolute Gasteiger partial charge is 0.481 e. The highest BCUT2D eigenvalue weighted by atomic mass is 32.2. The number of aromatic nitrogens is 2. The summed E-state index contributed by atoms with van der Waals surface area (Å²) in [6.07, 6.45) is 6.28. The zero-order valence-corrected chi connectivity index (χ0v) is 21.2. The van der Waals surface area contributed by atoms with Crippen LogP contribution in [-0.2, 0) is 12.0 Å². The molecule has 0 saturated heterocycles. The maximum atomic E-state index is 13.3. The average molecular weight is 490 g/mol. The Labute approximate surface area is 210 Å². The van der Waals surface area contributed by atoms with Crippen LogP contribution >= 0.6 is 11.9 Å². The lowest BCUT2D eigenvalue weighted by Gasteiger charge is -2.24. The van der Waals surface area contributed by atoms with Gasteiger partial charge in [-0.25, -0.2) is 14.8 Å². The number of ether oxygens (including phenoxy) is 1. The lowest BCUT2D eigenvalue weighted by atomic mass is 9.84. The fourth-order valence-corrected chi connectivity index (χ4v) is 5.78. The first kappa shape index (κ1) is 23.6. The van der Waals surface area contributed by atoms with E-state index >= 15 is 0 Å². The number of nitrogens with one attached hydrogen (secondary N) is 2. The van der Waals surface area contributed by atoms with Crippen LogP contribution in [-0.4, -0.2) is 36.7 Å². The molecule has 5 rings (SSSR count). The first-order valence-electron chi connectivity index (χ1n) is 12.0. The van der Waals surface area contributed by atoms with Crippen molar-refractivity contribution < 1.29 is 9.53 Å². The third-order valence-corrected chi connectivity index (χ3v) is 7.80. The molecule has 1 aliphatic heterocycles. The van der Waals surface area contributed by atoms with Crippen molar-refractivity contribution in [2.75, 3.05) is 25.6 Å². The zero-order valence-electron chi connectivity index (χ0n) is 20.4. The van der Waals surface area contributed by atoms with E-state index in [1.54, 1.807) is 19.1 Å². The van der Waals surface area contributed by atoms with Crippen LogP contribution < -0.4 is 19.7 Å². The second kappa shape index (κ2) is 9.87. The molecule has 3 aromatic rings. The highest BCUT2D eigenvalue weighted by Crippen LogP contribution is 2.50. The third kappa shape index (κ3) is 4.60. The van der Waals surface area contributed by atoms with Gasteiger partial charge < -0.3 is 10.1 Å². The van der Waals surface area contributed by atoms with E-state index in [1.807, 2.05) is 37.2 Å². The molecule has 0 atom stereocenters. The van der Waals surface area contributed by atoms with Gasteiger partial charge in [-0.1, -0.05) is 25.0 Å². The molecule has 1 spiro atoms. The maximum Gasteiger partial charge on any atom is 0.322 e. The SMILES string of the molecule is CNSc1ccc(CNC(=O)N2CC3(CCCC3)c3nc(-c4cnc(OC)cc4C)ccc32)cc1. The topological polar surface area (TPSA) is 79.4 Å². The van der Waals surface area contributed by atoms with Gasteiger partial charge >= 0.3 is 6.03 Å². The van der Waals surface area contributed by atoms with Gasteiger partial charge in [0.1, 0.15) is 0 Å². The number of pyridine rings is 2. The molecule has 2 N–H and O–H groups in total. The fourth-order valence-electron chi connectivity index (χ4n) is 5.28. The van der Waals surface area contributed by atoms with Gasteiger partial charge in [-0.2, -0.15) is 0 Å². The molecule has 1 fully saturated rings. The Kier molecular flexibility index (Phi) is 6.67. The number of nitrogens with zero attached hydrogens (tertiary/aromatic N) is 3. The molecule has 0 radical (unpaired) electrons. The van der Waals surface area contributed by atoms with Crippen molar-refractivity contribution in [3.8, 4) is 17.1 Å². The number of rotatable bonds is 6. The van der Waals surface area contributed by atoms with Gasteiger partial charge in [0.15, 0.2) is 0 Å². The minimum atomic E-state index is -0.0689. The second-order valence-corrected chi connectivity index (χ2v) is 10.4. The number of urea groups is 1. The summed E-state index contributed by atoms with van der Waals surface area (Å²) < 4.78 is 8.33. The summed E-state index contributed by atoms with van der Waals surface area (Å²) in [5.41, 5.74) is 5.93. The Morgan fingerprint density at radius 3 is 2.63 bits per heavy atom. The van der Waals surface area contributed by atoms with Gasteiger partial charge in [-0.05, 0) is 74.2 Å². The van der Waals surface area contributed by atoms with Gasteiger partial charge in [-0.3, -0.25) is 9.62 Å². The van der Waals surface area contributed by atoms with E-state index < -0.39 is 0 Å². The number of hydrogen-bond donors (Lipinski definition) is 2. The van der Waals surface area contributed by atoms with Crippen LogP contribution in [0.25, 0.3) is 11.3 Å². The summed E-state index contributed by atoms with van der Waals surface area (Å²) >= 11 is 1.57. The Balaban J connectivity index is 1.39. The van der Waals surface area contributed by atoms with Crippen molar-refractivity contribution in [1.29, 1.82) is 0 Å². The highest BCUT2D eigenvalue weighted by molar-refractivity contribution is 7.97. The van der Waals surface area contributed by atoms with Crippen molar-refractivity contribution in [1.82, 2.24) is 20.0 Å². The summed E-state index contributed by atoms with van der Waals surface area (Å²) in [6, 6.07) is 14.1. The highest BCUT2D eigenvalue weighted by Gasteiger charge is 2.47. The molecule has 3 heterocycles. The quantitative estimate of drug-likeness (QED) is 0.462. The lowest BCUT2D eigenvalue weighted by molar-refractivity contribution is 0.245. The Morgan fingerprint density at radius 1 is 1.17 bits per heavy atom. The molecular formula is C27H31N5O2S. The molecule has 7 nitrogen and oxygen atoms in total. The van der Waals surface area contributed by atoms with Crippen molar-refractivity contribution in [3.05, 3.63) is 65.5 Å². The lowest BCUT2D eigenvalue weighted by Crippen LogP contribution is -2.41. The number of carbonyl (C=O) groups is 1. The molecule has 0 bridgehead atoms. The monoisotopic (exact) mass is 489 g/mol. The first-order valence-corrected chi connectivity index (χ1v) is 12.8. The minimum Gasteiger partial charge on any atom is -0.481 e. The molecule has 2 amide bonds. The van der Waals surface area contributed by atoms with E-state index in [1.165, 1.54) is 12.8 Å². The summed E-state index contributed by atoms with van der Waals surface area (Å²) in [6.45, 7) is 3.22. The standard InChI is InChI=1S/C27H31N5O2S/c1-18-14-24(34-3)29-16-21(18)22-10-11-23-25(31-22)27(12-4-5-13-27)17-32(23)26(33)30-15-19-6-8-20(9-7-19)35-28-2/h6-11,14,16,28H,4-5,12-13,15,17H2,1-3H3,(H,30,33). The summed E-state index contributed by atoms with van der Waals surface area (Å²) in [4.78, 5) is 25.9. The van der Waals surface area contributed by atoms with Gasteiger partial charge in [0.05, 0.1) is 24.2 Å². The van der Waals surface area contributed by atoms with E-state index in [4.69, 9.17) is 9.72 Å². The Hall–Kier alpha value is -3.10. The van der Waals surface area contributed by atoms with E-state index in [-0.39, 0.29) is 11.4 Å². The number of benzene rings is 1. The second-order valence-electron chi connectivity index (χ2n) is 9.29. The summed E-state index contributed by atoms with van der Waals surface area (Å²) in [5, 5.41) is 3.12. The molecule has 0 unspecified atom stereocenters. The average Bonchev–Trinajstić information content (AvgIpc) is 3.48. The number of fused-ring (bicyclic) bond motifs is 2. The molecule has 2 aliphatic rings. The normalized spacial score (nSPS) is 15.9. The smallest absolute Gasteiger partial charge is 0.322 e. The molecule has 2 aromatic heterocycles. The molecule has 1 aliphatic carbocycles. The zero-order chi connectivity index (χ0) is 24.4. The summed E-state index contributed by atoms with van der Waals surface area (Å²) in [5.74, 6) is 0.595. The molecule has 182 valence electrons. The molecule has 1 aromatic carbocycles. The number of hydrogen-bond acceptors (Lipinski definition) is 6. The van der Waals surface area contributed by atoms with Crippen LogP contribution in [0.5, 0.6) is 5.88 Å². The number of anilines is 1. The van der Waals surface area contributed by atoms with Gasteiger partial charge in [-0.15, -0.1) is 0 Å². The predicted molar refractivity (Wildman–Crippen MR) is 140 cm³/mol. The Morgan fingerprint density at radius 2 is 1.94 bits per heavy atom. The molecule has 8 heteroatoms. The fraction of sp³-hybridized carbons (Fsp3) is 0.370. The Bertz CT molecular complexity index is 1220. The van der Waals surface area contributed by atoms with Crippen molar-refractivity contribution in [2.45, 2.75) is 49.5 Å². The van der Waals surface area contributed by atoms with E-state index in [0.717, 1.165) is 51.5 Å². The van der Waals surface area contributed by atoms with Crippen LogP contribution in [0.2, 0.25) is 0 Å². The number of amides is 2. The maximum absolute atomic E-state index is 13.3.